The van der Waals surface area contributed by atoms with Gasteiger partial charge >= 0.3 is 0 Å². The van der Waals surface area contributed by atoms with Gasteiger partial charge in [0.15, 0.2) is 5.78 Å². The van der Waals surface area contributed by atoms with E-state index in [-0.39, 0.29) is 5.78 Å². The normalized spacial score (nSPS) is 24.9. The van der Waals surface area contributed by atoms with Gasteiger partial charge in [-0.2, -0.15) is 0 Å². The molecule has 1 aromatic rings. The number of allylic oxidation sites excluding steroid dienone is 1. The van der Waals surface area contributed by atoms with Gasteiger partial charge in [-0.15, -0.1) is 11.6 Å². The maximum Gasteiger partial charge on any atom is 0.176 e. The van der Waals surface area contributed by atoms with Crippen LogP contribution in [0.5, 0.6) is 5.75 Å². The number of carbonyl (C=O) groups is 1. The van der Waals surface area contributed by atoms with Crippen LogP contribution in [0.2, 0.25) is 0 Å². The molecule has 4 heteroatoms. The van der Waals surface area contributed by atoms with Crippen molar-refractivity contribution in [2.45, 2.75) is 18.2 Å². The predicted octanol–water partition coefficient (Wildman–Crippen LogP) is 3.31. The lowest BCUT2D eigenvalue weighted by molar-refractivity contribution is -0.116. The first kappa shape index (κ1) is 15.1. The van der Waals surface area contributed by atoms with Crippen molar-refractivity contribution in [2.24, 2.45) is 5.92 Å². The Balaban J connectivity index is 2.18. The first-order valence-corrected chi connectivity index (χ1v) is 7.09. The van der Waals surface area contributed by atoms with Gasteiger partial charge < -0.3 is 9.47 Å². The van der Waals surface area contributed by atoms with Crippen LogP contribution in [-0.2, 0) is 9.53 Å². The molecular weight excluding hydrogens is 276 g/mol. The highest BCUT2D eigenvalue weighted by Gasteiger charge is 2.30. The Morgan fingerprint density at radius 2 is 2.00 bits per heavy atom. The number of hydrogen-bond acceptors (Lipinski definition) is 3. The molecule has 1 aliphatic carbocycles. The fourth-order valence-corrected chi connectivity index (χ4v) is 2.88. The highest BCUT2D eigenvalue weighted by atomic mass is 35.5. The molecule has 0 aliphatic heterocycles. The molecule has 3 nitrogen and oxygen atoms in total. The lowest BCUT2D eigenvalue weighted by Gasteiger charge is -2.26. The Labute approximate surface area is 124 Å². The zero-order valence-electron chi connectivity index (χ0n) is 11.8. The van der Waals surface area contributed by atoms with Crippen molar-refractivity contribution in [3.8, 4) is 5.75 Å². The van der Waals surface area contributed by atoms with Gasteiger partial charge in [0.05, 0.1) is 12.5 Å². The van der Waals surface area contributed by atoms with Crippen LogP contribution < -0.4 is 4.74 Å². The minimum Gasteiger partial charge on any atom is -0.497 e. The summed E-state index contributed by atoms with van der Waals surface area (Å²) in [4.78, 5) is 12.1. The van der Waals surface area contributed by atoms with E-state index < -0.39 is 5.38 Å². The molecule has 108 valence electrons. The molecule has 0 saturated heterocycles. The highest BCUT2D eigenvalue weighted by Crippen LogP contribution is 2.31. The van der Waals surface area contributed by atoms with Crippen molar-refractivity contribution < 1.29 is 14.3 Å². The smallest absolute Gasteiger partial charge is 0.176 e. The van der Waals surface area contributed by atoms with Crippen molar-refractivity contribution in [1.29, 1.82) is 0 Å². The standard InChI is InChI=1S/C16H19ClO3/c1-19-10-12-8-13(16(18)15(17)9-12)7-11-3-5-14(20-2)6-4-11/h3-7,12,15H,8-10H2,1-2H3. The summed E-state index contributed by atoms with van der Waals surface area (Å²) in [5, 5.41) is -0.437. The molecule has 1 aliphatic rings. The van der Waals surface area contributed by atoms with Gasteiger partial charge in [-0.05, 0) is 48.1 Å². The predicted molar refractivity (Wildman–Crippen MR) is 80.2 cm³/mol. The monoisotopic (exact) mass is 294 g/mol. The van der Waals surface area contributed by atoms with Crippen LogP contribution in [0.15, 0.2) is 29.8 Å². The molecule has 2 rings (SSSR count). The number of alkyl halides is 1. The number of benzene rings is 1. The van der Waals surface area contributed by atoms with Crippen LogP contribution in [0, 0.1) is 5.92 Å². The van der Waals surface area contributed by atoms with E-state index in [1.165, 1.54) is 0 Å². The Morgan fingerprint density at radius 3 is 2.60 bits per heavy atom. The zero-order valence-corrected chi connectivity index (χ0v) is 12.5. The average molecular weight is 295 g/mol. The van der Waals surface area contributed by atoms with Crippen molar-refractivity contribution >= 4 is 23.5 Å². The SMILES string of the molecule is COCC1CC(=Cc2ccc(OC)cc2)C(=O)C(Cl)C1. The van der Waals surface area contributed by atoms with E-state index in [4.69, 9.17) is 21.1 Å². The molecular formula is C16H19ClO3. The van der Waals surface area contributed by atoms with Crippen LogP contribution >= 0.6 is 11.6 Å². The number of methoxy groups -OCH3 is 2. The molecule has 20 heavy (non-hydrogen) atoms. The number of carbonyl (C=O) groups excluding carboxylic acids is 1. The number of rotatable bonds is 4. The fourth-order valence-electron chi connectivity index (χ4n) is 2.49. The van der Waals surface area contributed by atoms with Crippen LogP contribution in [0.25, 0.3) is 6.08 Å². The van der Waals surface area contributed by atoms with Crippen molar-refractivity contribution in [1.82, 2.24) is 0 Å². The van der Waals surface area contributed by atoms with Crippen molar-refractivity contribution in [3.05, 3.63) is 35.4 Å². The van der Waals surface area contributed by atoms with Gasteiger partial charge in [-0.25, -0.2) is 0 Å². The van der Waals surface area contributed by atoms with Gasteiger partial charge in [0.25, 0.3) is 0 Å². The number of Topliss-reactive ketones (excluding diaryl/α,β-unsaturated/α-hetero) is 1. The highest BCUT2D eigenvalue weighted by molar-refractivity contribution is 6.34. The van der Waals surface area contributed by atoms with Gasteiger partial charge in [-0.1, -0.05) is 12.1 Å². The van der Waals surface area contributed by atoms with Crippen LogP contribution in [0.4, 0.5) is 0 Å². The summed E-state index contributed by atoms with van der Waals surface area (Å²) in [7, 11) is 3.30. The third-order valence-electron chi connectivity index (χ3n) is 3.51. The summed E-state index contributed by atoms with van der Waals surface area (Å²) in [5.74, 6) is 1.15. The first-order valence-electron chi connectivity index (χ1n) is 6.66. The van der Waals surface area contributed by atoms with E-state index in [2.05, 4.69) is 0 Å². The quantitative estimate of drug-likeness (QED) is 0.631. The van der Waals surface area contributed by atoms with Crippen LogP contribution in [-0.4, -0.2) is 32.0 Å². The van der Waals surface area contributed by atoms with Gasteiger partial charge in [0.1, 0.15) is 5.75 Å². The number of ether oxygens (including phenoxy) is 2. The number of ketones is 1. The van der Waals surface area contributed by atoms with E-state index in [1.807, 2.05) is 30.3 Å². The van der Waals surface area contributed by atoms with E-state index in [9.17, 15) is 4.79 Å². The largest absolute Gasteiger partial charge is 0.497 e. The van der Waals surface area contributed by atoms with Gasteiger partial charge in [0.2, 0.25) is 0 Å². The fraction of sp³-hybridized carbons (Fsp3) is 0.438. The molecule has 1 aromatic carbocycles. The van der Waals surface area contributed by atoms with Gasteiger partial charge in [0, 0.05) is 13.7 Å². The van der Waals surface area contributed by atoms with Crippen molar-refractivity contribution in [3.63, 3.8) is 0 Å². The van der Waals surface area contributed by atoms with E-state index in [0.717, 1.165) is 23.3 Å². The maximum atomic E-state index is 12.1. The second-order valence-corrected chi connectivity index (χ2v) is 5.56. The zero-order chi connectivity index (χ0) is 14.5. The van der Waals surface area contributed by atoms with E-state index in [0.29, 0.717) is 18.9 Å². The number of hydrogen-bond donors (Lipinski definition) is 0. The lowest BCUT2D eigenvalue weighted by atomic mass is 9.84. The Hall–Kier alpha value is -1.32. The Bertz CT molecular complexity index is 493. The molecule has 0 aromatic heterocycles. The Morgan fingerprint density at radius 1 is 1.30 bits per heavy atom. The average Bonchev–Trinajstić information content (AvgIpc) is 2.45. The summed E-state index contributed by atoms with van der Waals surface area (Å²) in [6, 6.07) is 7.62. The second-order valence-electron chi connectivity index (χ2n) is 5.04. The summed E-state index contributed by atoms with van der Waals surface area (Å²) >= 11 is 6.14. The second kappa shape index (κ2) is 6.91. The lowest BCUT2D eigenvalue weighted by Crippen LogP contribution is -2.29. The topological polar surface area (TPSA) is 35.5 Å². The van der Waals surface area contributed by atoms with Crippen molar-refractivity contribution in [2.75, 3.05) is 20.8 Å². The molecule has 0 radical (unpaired) electrons. The molecule has 1 fully saturated rings. The summed E-state index contributed by atoms with van der Waals surface area (Å²) in [6.07, 6.45) is 3.33. The van der Waals surface area contributed by atoms with E-state index >= 15 is 0 Å². The van der Waals surface area contributed by atoms with Crippen LogP contribution in [0.1, 0.15) is 18.4 Å². The Kier molecular flexibility index (Phi) is 5.21. The number of halogens is 1. The third kappa shape index (κ3) is 3.62. The molecule has 0 amide bonds. The minimum absolute atomic E-state index is 0.0369. The van der Waals surface area contributed by atoms with Crippen LogP contribution in [0.3, 0.4) is 0 Å². The summed E-state index contributed by atoms with van der Waals surface area (Å²) < 4.78 is 10.3. The third-order valence-corrected chi connectivity index (χ3v) is 3.89. The summed E-state index contributed by atoms with van der Waals surface area (Å²) in [5.41, 5.74) is 1.76. The molecule has 2 unspecified atom stereocenters. The molecule has 2 atom stereocenters. The molecule has 0 spiro atoms. The summed E-state index contributed by atoms with van der Waals surface area (Å²) in [6.45, 7) is 0.635. The molecule has 1 saturated carbocycles. The molecule has 0 N–H and O–H groups in total. The minimum atomic E-state index is -0.437. The van der Waals surface area contributed by atoms with E-state index in [1.54, 1.807) is 14.2 Å². The maximum absolute atomic E-state index is 12.1. The molecule has 0 heterocycles. The molecule has 0 bridgehead atoms. The van der Waals surface area contributed by atoms with Gasteiger partial charge in [-0.3, -0.25) is 4.79 Å². The first-order chi connectivity index (χ1) is 9.63.